The quantitative estimate of drug-likeness (QED) is 0.142. The number of pyridine rings is 2. The van der Waals surface area contributed by atoms with E-state index in [-0.39, 0.29) is 0 Å². The van der Waals surface area contributed by atoms with Gasteiger partial charge in [-0.1, -0.05) is 106 Å². The standard InChI is InChI=1S/C21H19NO.C15H15BO3.C6H6ClN/c1-13(2)15-6-4-7-16-17-8-5-9-18(21(17)23-20(15)16)19-12-14(3)10-11-22-19;1-9(2)10-5-3-6-11-12-7-4-8-13(16(17)18)15(12)19-14(10)11;1-5-2-3-8-6(7)4-5/h4-13H,1-3H3;3-9,17-18H,1-2H3;2-4H,1H3. The Labute approximate surface area is 297 Å². The van der Waals surface area contributed by atoms with Crippen LogP contribution in [0.5, 0.6) is 0 Å². The fourth-order valence-electron chi connectivity index (χ4n) is 6.20. The summed E-state index contributed by atoms with van der Waals surface area (Å²) in [6.45, 7) is 12.7. The third kappa shape index (κ3) is 7.17. The summed E-state index contributed by atoms with van der Waals surface area (Å²) in [7, 11) is -1.52. The Morgan fingerprint density at radius 3 is 1.56 bits per heavy atom. The van der Waals surface area contributed by atoms with Crippen molar-refractivity contribution in [3.8, 4) is 11.3 Å². The van der Waals surface area contributed by atoms with Gasteiger partial charge in [0.2, 0.25) is 0 Å². The number of halogens is 1. The van der Waals surface area contributed by atoms with Crippen molar-refractivity contribution in [1.82, 2.24) is 9.97 Å². The van der Waals surface area contributed by atoms with E-state index < -0.39 is 7.12 Å². The number of benzene rings is 4. The number of fused-ring (bicyclic) bond motifs is 6. The highest BCUT2D eigenvalue weighted by Crippen LogP contribution is 2.38. The summed E-state index contributed by atoms with van der Waals surface area (Å²) in [4.78, 5) is 8.33. The van der Waals surface area contributed by atoms with Gasteiger partial charge in [-0.25, -0.2) is 4.98 Å². The molecule has 0 unspecified atom stereocenters. The Morgan fingerprint density at radius 1 is 0.580 bits per heavy atom. The van der Waals surface area contributed by atoms with Crippen molar-refractivity contribution >= 4 is 68.1 Å². The Hall–Kier alpha value is -4.95. The van der Waals surface area contributed by atoms with E-state index in [2.05, 4.69) is 87.1 Å². The number of para-hydroxylation sites is 4. The highest BCUT2D eigenvalue weighted by Gasteiger charge is 2.21. The molecule has 0 saturated heterocycles. The van der Waals surface area contributed by atoms with Crippen LogP contribution in [0.25, 0.3) is 55.1 Å². The predicted molar refractivity (Wildman–Crippen MR) is 207 cm³/mol. The molecule has 0 aliphatic rings. The van der Waals surface area contributed by atoms with Gasteiger partial charge >= 0.3 is 7.12 Å². The summed E-state index contributed by atoms with van der Waals surface area (Å²) in [5, 5.41) is 23.7. The number of aromatic nitrogens is 2. The molecule has 4 heterocycles. The average Bonchev–Trinajstić information content (AvgIpc) is 3.67. The van der Waals surface area contributed by atoms with Crippen molar-refractivity contribution in [2.45, 2.75) is 53.4 Å². The molecule has 4 aromatic carbocycles. The van der Waals surface area contributed by atoms with E-state index >= 15 is 0 Å². The highest BCUT2D eigenvalue weighted by atomic mass is 35.5. The molecule has 0 spiro atoms. The van der Waals surface area contributed by atoms with Gasteiger partial charge in [0.15, 0.2) is 0 Å². The minimum atomic E-state index is -1.52. The van der Waals surface area contributed by atoms with Crippen LogP contribution < -0.4 is 5.46 Å². The topological polar surface area (TPSA) is 92.5 Å². The average molecular weight is 683 g/mol. The molecule has 0 amide bonds. The lowest BCUT2D eigenvalue weighted by molar-refractivity contribution is 0.425. The van der Waals surface area contributed by atoms with Gasteiger partial charge in [0, 0.05) is 45.0 Å². The van der Waals surface area contributed by atoms with Gasteiger partial charge in [0.25, 0.3) is 0 Å². The fraction of sp³-hybridized carbons (Fsp3) is 0.190. The molecule has 0 saturated carbocycles. The van der Waals surface area contributed by atoms with Gasteiger partial charge in [-0.3, -0.25) is 4.98 Å². The molecule has 252 valence electrons. The van der Waals surface area contributed by atoms with Crippen LogP contribution in [0.1, 0.15) is 61.8 Å². The van der Waals surface area contributed by atoms with Gasteiger partial charge in [0.1, 0.15) is 27.5 Å². The van der Waals surface area contributed by atoms with Gasteiger partial charge < -0.3 is 18.9 Å². The van der Waals surface area contributed by atoms with Crippen LogP contribution in [-0.4, -0.2) is 27.1 Å². The fourth-order valence-corrected chi connectivity index (χ4v) is 6.43. The minimum absolute atomic E-state index is 0.353. The maximum Gasteiger partial charge on any atom is 0.492 e. The predicted octanol–water partition coefficient (Wildman–Crippen LogP) is 10.5. The third-order valence-electron chi connectivity index (χ3n) is 8.74. The lowest BCUT2D eigenvalue weighted by Gasteiger charge is -2.04. The van der Waals surface area contributed by atoms with Gasteiger partial charge in [-0.05, 0) is 78.3 Å². The molecule has 0 radical (unpaired) electrons. The number of hydrogen-bond acceptors (Lipinski definition) is 6. The Balaban J connectivity index is 0.000000144. The van der Waals surface area contributed by atoms with Crippen LogP contribution in [0.2, 0.25) is 5.15 Å². The first-order valence-corrected chi connectivity index (χ1v) is 17.2. The molecule has 8 rings (SSSR count). The third-order valence-corrected chi connectivity index (χ3v) is 8.94. The molecule has 0 bridgehead atoms. The first-order valence-electron chi connectivity index (χ1n) is 16.8. The molecule has 0 aliphatic carbocycles. The van der Waals surface area contributed by atoms with E-state index in [4.69, 9.17) is 20.4 Å². The lowest BCUT2D eigenvalue weighted by atomic mass is 9.79. The monoisotopic (exact) mass is 682 g/mol. The van der Waals surface area contributed by atoms with Crippen LogP contribution >= 0.6 is 11.6 Å². The number of furan rings is 2. The molecule has 8 heteroatoms. The van der Waals surface area contributed by atoms with E-state index in [0.29, 0.717) is 28.0 Å². The summed E-state index contributed by atoms with van der Waals surface area (Å²) in [5.41, 5.74) is 10.5. The number of rotatable bonds is 4. The van der Waals surface area contributed by atoms with E-state index in [1.54, 1.807) is 12.3 Å². The maximum atomic E-state index is 9.42. The molecule has 4 aromatic heterocycles. The van der Waals surface area contributed by atoms with Gasteiger partial charge in [-0.15, -0.1) is 0 Å². The van der Waals surface area contributed by atoms with E-state index in [1.165, 1.54) is 16.5 Å². The van der Waals surface area contributed by atoms with Gasteiger partial charge in [-0.2, -0.15) is 0 Å². The molecular weight excluding hydrogens is 643 g/mol. The van der Waals surface area contributed by atoms with Crippen molar-refractivity contribution in [2.24, 2.45) is 0 Å². The van der Waals surface area contributed by atoms with Crippen LogP contribution in [0, 0.1) is 13.8 Å². The summed E-state index contributed by atoms with van der Waals surface area (Å²) in [6, 6.07) is 32.0. The second kappa shape index (κ2) is 14.9. The Morgan fingerprint density at radius 2 is 1.06 bits per heavy atom. The van der Waals surface area contributed by atoms with Crippen molar-refractivity contribution < 1.29 is 18.9 Å². The van der Waals surface area contributed by atoms with Crippen LogP contribution in [-0.2, 0) is 0 Å². The molecule has 2 N–H and O–H groups in total. The molecule has 0 fully saturated rings. The smallest absolute Gasteiger partial charge is 0.456 e. The summed E-state index contributed by atoms with van der Waals surface area (Å²) < 4.78 is 12.2. The SMILES string of the molecule is CC(C)c1cccc2c1oc1c(B(O)O)cccc12.Cc1ccnc(-c2cccc3c2oc2c(C(C)C)cccc23)c1.Cc1ccnc(Cl)c1. The molecule has 6 nitrogen and oxygen atoms in total. The molecular formula is C42H40BClN2O4. The largest absolute Gasteiger partial charge is 0.492 e. The van der Waals surface area contributed by atoms with E-state index in [0.717, 1.165) is 55.3 Å². The molecule has 50 heavy (non-hydrogen) atoms. The van der Waals surface area contributed by atoms with Crippen molar-refractivity contribution in [3.05, 3.63) is 137 Å². The van der Waals surface area contributed by atoms with E-state index in [1.807, 2.05) is 61.7 Å². The van der Waals surface area contributed by atoms with Crippen LogP contribution in [0.3, 0.4) is 0 Å². The maximum absolute atomic E-state index is 9.42. The molecule has 0 atom stereocenters. The summed E-state index contributed by atoms with van der Waals surface area (Å²) in [5.74, 6) is 0.784. The zero-order valence-electron chi connectivity index (χ0n) is 29.1. The second-order valence-corrected chi connectivity index (χ2v) is 13.5. The summed E-state index contributed by atoms with van der Waals surface area (Å²) in [6.07, 6.45) is 3.55. The number of hydrogen-bond donors (Lipinski definition) is 2. The normalized spacial score (nSPS) is 11.3. The van der Waals surface area contributed by atoms with Crippen molar-refractivity contribution in [2.75, 3.05) is 0 Å². The first-order chi connectivity index (χ1) is 24.0. The second-order valence-electron chi connectivity index (χ2n) is 13.1. The van der Waals surface area contributed by atoms with Crippen LogP contribution in [0.4, 0.5) is 0 Å². The minimum Gasteiger partial charge on any atom is -0.456 e. The summed E-state index contributed by atoms with van der Waals surface area (Å²) >= 11 is 5.53. The molecule has 0 aliphatic heterocycles. The van der Waals surface area contributed by atoms with Crippen molar-refractivity contribution in [1.29, 1.82) is 0 Å². The zero-order valence-corrected chi connectivity index (χ0v) is 29.9. The lowest BCUT2D eigenvalue weighted by Crippen LogP contribution is -2.29. The number of nitrogens with zero attached hydrogens (tertiary/aromatic N) is 2. The van der Waals surface area contributed by atoms with Gasteiger partial charge in [0.05, 0.1) is 5.69 Å². The highest BCUT2D eigenvalue weighted by molar-refractivity contribution is 6.61. The van der Waals surface area contributed by atoms with E-state index in [9.17, 15) is 10.0 Å². The Kier molecular flexibility index (Phi) is 10.4. The zero-order chi connectivity index (χ0) is 35.5. The Bertz CT molecular complexity index is 2350. The van der Waals surface area contributed by atoms with Crippen LogP contribution in [0.15, 0.2) is 118 Å². The first kappa shape index (κ1) is 34.9. The molecule has 8 aromatic rings. The van der Waals surface area contributed by atoms with Crippen molar-refractivity contribution in [3.63, 3.8) is 0 Å². The number of aryl methyl sites for hydroxylation is 2.